The van der Waals surface area contributed by atoms with E-state index in [2.05, 4.69) is 10.4 Å². The lowest BCUT2D eigenvalue weighted by atomic mass is 10.2. The van der Waals surface area contributed by atoms with Gasteiger partial charge in [-0.05, 0) is 18.7 Å². The summed E-state index contributed by atoms with van der Waals surface area (Å²) in [7, 11) is 1.88. The summed E-state index contributed by atoms with van der Waals surface area (Å²) in [6.45, 7) is 0.734. The van der Waals surface area contributed by atoms with Gasteiger partial charge in [0.1, 0.15) is 0 Å². The zero-order valence-corrected chi connectivity index (χ0v) is 8.44. The highest BCUT2D eigenvalue weighted by Gasteiger charge is 2.04. The highest BCUT2D eigenvalue weighted by molar-refractivity contribution is 5.40. The predicted octanol–water partition coefficient (Wildman–Crippen LogP) is 1.73. The summed E-state index contributed by atoms with van der Waals surface area (Å²) in [6, 6.07) is 7.77. The Morgan fingerprint density at radius 3 is 2.87 bits per heavy atom. The minimum atomic E-state index is -0.325. The Bertz CT molecular complexity index is 451. The molecule has 1 N–H and O–H groups in total. The summed E-state index contributed by atoms with van der Waals surface area (Å²) in [5.41, 5.74) is 1.99. The monoisotopic (exact) mass is 205 g/mol. The lowest BCUT2D eigenvalue weighted by Gasteiger charge is -2.08. The summed E-state index contributed by atoms with van der Waals surface area (Å²) < 4.78 is 14.4. The number of hydrogen-bond acceptors (Lipinski definition) is 2. The minimum Gasteiger partial charge on any atom is -0.316 e. The van der Waals surface area contributed by atoms with Crippen molar-refractivity contribution in [3.8, 4) is 5.69 Å². The van der Waals surface area contributed by atoms with E-state index in [1.165, 1.54) is 12.4 Å². The van der Waals surface area contributed by atoms with Gasteiger partial charge >= 0.3 is 0 Å². The topological polar surface area (TPSA) is 29.9 Å². The number of para-hydroxylation sites is 1. The molecule has 0 amide bonds. The van der Waals surface area contributed by atoms with Crippen molar-refractivity contribution in [3.05, 3.63) is 48.0 Å². The molecule has 0 fully saturated rings. The molecule has 0 spiro atoms. The van der Waals surface area contributed by atoms with Gasteiger partial charge in [0, 0.05) is 6.54 Å². The molecule has 2 rings (SSSR count). The molecular weight excluding hydrogens is 193 g/mol. The number of benzene rings is 1. The molecule has 1 heterocycles. The van der Waals surface area contributed by atoms with Crippen molar-refractivity contribution in [2.75, 3.05) is 7.05 Å². The Hall–Kier alpha value is -1.68. The van der Waals surface area contributed by atoms with Crippen molar-refractivity contribution in [2.24, 2.45) is 0 Å². The molecule has 0 aliphatic rings. The van der Waals surface area contributed by atoms with Gasteiger partial charge in [-0.2, -0.15) is 5.10 Å². The zero-order valence-electron chi connectivity index (χ0n) is 8.44. The van der Waals surface area contributed by atoms with Gasteiger partial charge in [-0.15, -0.1) is 0 Å². The first kappa shape index (κ1) is 9.86. The van der Waals surface area contributed by atoms with Gasteiger partial charge in [-0.25, -0.2) is 9.07 Å². The van der Waals surface area contributed by atoms with Crippen LogP contribution in [-0.4, -0.2) is 16.8 Å². The first-order valence-corrected chi connectivity index (χ1v) is 4.74. The molecule has 0 unspecified atom stereocenters. The number of nitrogens with zero attached hydrogens (tertiary/aromatic N) is 2. The lowest BCUT2D eigenvalue weighted by molar-refractivity contribution is 0.627. The fourth-order valence-electron chi connectivity index (χ4n) is 1.51. The van der Waals surface area contributed by atoms with Crippen LogP contribution in [0.2, 0.25) is 0 Å². The van der Waals surface area contributed by atoms with Crippen LogP contribution in [0.3, 0.4) is 0 Å². The molecule has 0 saturated heterocycles. The fraction of sp³-hybridized carbons (Fsp3) is 0.182. The van der Waals surface area contributed by atoms with E-state index in [4.69, 9.17) is 0 Å². The molecule has 78 valence electrons. The van der Waals surface area contributed by atoms with Gasteiger partial charge in [0.2, 0.25) is 0 Å². The van der Waals surface area contributed by atoms with Gasteiger partial charge in [0.05, 0.1) is 18.1 Å². The first-order chi connectivity index (χ1) is 7.31. The number of nitrogens with one attached hydrogen (secondary N) is 1. The molecule has 0 bridgehead atoms. The Morgan fingerprint density at radius 2 is 2.20 bits per heavy atom. The van der Waals surface area contributed by atoms with E-state index in [9.17, 15) is 4.39 Å². The lowest BCUT2D eigenvalue weighted by Crippen LogP contribution is -2.09. The third-order valence-electron chi connectivity index (χ3n) is 2.16. The molecule has 0 radical (unpaired) electrons. The maximum absolute atomic E-state index is 12.8. The van der Waals surface area contributed by atoms with Gasteiger partial charge in [-0.1, -0.05) is 18.2 Å². The maximum Gasteiger partial charge on any atom is 0.161 e. The molecule has 3 nitrogen and oxygen atoms in total. The molecule has 0 aliphatic heterocycles. The van der Waals surface area contributed by atoms with Crippen LogP contribution in [0.4, 0.5) is 4.39 Å². The van der Waals surface area contributed by atoms with Crippen molar-refractivity contribution >= 4 is 0 Å². The Labute approximate surface area is 87.5 Å². The molecular formula is C11H12FN3. The molecule has 15 heavy (non-hydrogen) atoms. The number of rotatable bonds is 3. The average Bonchev–Trinajstić information content (AvgIpc) is 2.66. The van der Waals surface area contributed by atoms with Crippen molar-refractivity contribution in [2.45, 2.75) is 6.54 Å². The van der Waals surface area contributed by atoms with Crippen molar-refractivity contribution in [1.82, 2.24) is 15.1 Å². The highest BCUT2D eigenvalue weighted by Crippen LogP contribution is 2.13. The molecule has 0 atom stereocenters. The summed E-state index contributed by atoms with van der Waals surface area (Å²) in [4.78, 5) is 0. The van der Waals surface area contributed by atoms with Crippen molar-refractivity contribution in [1.29, 1.82) is 0 Å². The summed E-state index contributed by atoms with van der Waals surface area (Å²) >= 11 is 0. The van der Waals surface area contributed by atoms with Crippen molar-refractivity contribution < 1.29 is 4.39 Å². The summed E-state index contributed by atoms with van der Waals surface area (Å²) in [5.74, 6) is -0.325. The zero-order chi connectivity index (χ0) is 10.7. The van der Waals surface area contributed by atoms with Crippen LogP contribution >= 0.6 is 0 Å². The SMILES string of the molecule is CNCc1ccccc1-n1cc(F)cn1. The van der Waals surface area contributed by atoms with Crippen LogP contribution in [0, 0.1) is 5.82 Å². The molecule has 0 aliphatic carbocycles. The van der Waals surface area contributed by atoms with Gasteiger partial charge in [-0.3, -0.25) is 0 Å². The Morgan fingerprint density at radius 1 is 1.40 bits per heavy atom. The quantitative estimate of drug-likeness (QED) is 0.827. The summed E-state index contributed by atoms with van der Waals surface area (Å²) in [5, 5.41) is 7.01. The van der Waals surface area contributed by atoms with E-state index in [0.29, 0.717) is 0 Å². The molecule has 1 aromatic heterocycles. The van der Waals surface area contributed by atoms with Crippen LogP contribution in [0.5, 0.6) is 0 Å². The van der Waals surface area contributed by atoms with Gasteiger partial charge in [0.25, 0.3) is 0 Å². The average molecular weight is 205 g/mol. The van der Waals surface area contributed by atoms with Crippen LogP contribution in [0.1, 0.15) is 5.56 Å². The second kappa shape index (κ2) is 4.23. The highest BCUT2D eigenvalue weighted by atomic mass is 19.1. The van der Waals surface area contributed by atoms with E-state index < -0.39 is 0 Å². The molecule has 4 heteroatoms. The number of halogens is 1. The smallest absolute Gasteiger partial charge is 0.161 e. The molecule has 1 aromatic carbocycles. The van der Waals surface area contributed by atoms with Gasteiger partial charge < -0.3 is 5.32 Å². The van der Waals surface area contributed by atoms with Crippen LogP contribution in [-0.2, 0) is 6.54 Å². The number of hydrogen-bond donors (Lipinski definition) is 1. The standard InChI is InChI=1S/C11H12FN3/c1-13-6-9-4-2-3-5-11(9)15-8-10(12)7-14-15/h2-5,7-8,13H,6H2,1H3. The molecule has 0 saturated carbocycles. The third kappa shape index (κ3) is 2.05. The van der Waals surface area contributed by atoms with E-state index in [0.717, 1.165) is 17.8 Å². The number of aromatic nitrogens is 2. The Balaban J connectivity index is 2.42. The van der Waals surface area contributed by atoms with E-state index >= 15 is 0 Å². The van der Waals surface area contributed by atoms with Crippen LogP contribution < -0.4 is 5.32 Å². The van der Waals surface area contributed by atoms with Crippen molar-refractivity contribution in [3.63, 3.8) is 0 Å². The molecule has 2 aromatic rings. The normalized spacial score (nSPS) is 10.5. The van der Waals surface area contributed by atoms with Crippen LogP contribution in [0.25, 0.3) is 5.69 Å². The third-order valence-corrected chi connectivity index (χ3v) is 2.16. The predicted molar refractivity (Wildman–Crippen MR) is 56.3 cm³/mol. The second-order valence-electron chi connectivity index (χ2n) is 3.26. The largest absolute Gasteiger partial charge is 0.316 e. The van der Waals surface area contributed by atoms with E-state index in [1.54, 1.807) is 4.68 Å². The van der Waals surface area contributed by atoms with E-state index in [1.807, 2.05) is 31.3 Å². The fourth-order valence-corrected chi connectivity index (χ4v) is 1.51. The first-order valence-electron chi connectivity index (χ1n) is 4.74. The minimum absolute atomic E-state index is 0.325. The summed E-state index contributed by atoms with van der Waals surface area (Å²) in [6.07, 6.45) is 2.57. The van der Waals surface area contributed by atoms with Crippen LogP contribution in [0.15, 0.2) is 36.7 Å². The second-order valence-corrected chi connectivity index (χ2v) is 3.26. The maximum atomic E-state index is 12.8. The van der Waals surface area contributed by atoms with E-state index in [-0.39, 0.29) is 5.82 Å². The Kier molecular flexibility index (Phi) is 2.78. The van der Waals surface area contributed by atoms with Gasteiger partial charge in [0.15, 0.2) is 5.82 Å².